The third-order valence-electron chi connectivity index (χ3n) is 2.77. The normalized spacial score (nSPS) is 10.0. The molecule has 108 valence electrons. The predicted molar refractivity (Wildman–Crippen MR) is 81.2 cm³/mol. The second kappa shape index (κ2) is 6.79. The topological polar surface area (TPSA) is 42.2 Å². The fourth-order valence-electron chi connectivity index (χ4n) is 1.73. The van der Waals surface area contributed by atoms with Crippen LogP contribution in [-0.2, 0) is 6.61 Å². The number of benzene rings is 2. The number of rotatable bonds is 4. The zero-order valence-electron chi connectivity index (χ0n) is 11.0. The summed E-state index contributed by atoms with van der Waals surface area (Å²) >= 11 is 8.93. The van der Waals surface area contributed by atoms with E-state index in [-0.39, 0.29) is 11.6 Å². The molecule has 3 nitrogen and oxygen atoms in total. The van der Waals surface area contributed by atoms with Crippen LogP contribution in [0.25, 0.3) is 0 Å². The molecule has 0 atom stereocenters. The largest absolute Gasteiger partial charge is 0.496 e. The molecular weight excluding hydrogens is 361 g/mol. The van der Waals surface area contributed by atoms with E-state index in [1.807, 2.05) is 6.07 Å². The maximum Gasteiger partial charge on any atom is 0.145 e. The third-order valence-corrected chi connectivity index (χ3v) is 3.68. The first kappa shape index (κ1) is 15.6. The van der Waals surface area contributed by atoms with Crippen LogP contribution in [-0.4, -0.2) is 7.11 Å². The van der Waals surface area contributed by atoms with Gasteiger partial charge in [-0.15, -0.1) is 0 Å². The zero-order chi connectivity index (χ0) is 15.4. The molecule has 2 aromatic rings. The van der Waals surface area contributed by atoms with Crippen molar-refractivity contribution in [1.29, 1.82) is 5.26 Å². The van der Waals surface area contributed by atoms with Crippen molar-refractivity contribution in [1.82, 2.24) is 0 Å². The van der Waals surface area contributed by atoms with Gasteiger partial charge in [-0.3, -0.25) is 0 Å². The molecule has 0 radical (unpaired) electrons. The second-order valence-corrected chi connectivity index (χ2v) is 5.39. The molecule has 0 aliphatic rings. The predicted octanol–water partition coefficient (Wildman–Crippen LogP) is 4.70. The summed E-state index contributed by atoms with van der Waals surface area (Å²) in [5.74, 6) is 0.355. The van der Waals surface area contributed by atoms with E-state index >= 15 is 0 Å². The molecule has 2 rings (SSSR count). The molecule has 0 aromatic heterocycles. The van der Waals surface area contributed by atoms with Gasteiger partial charge in [0, 0.05) is 11.6 Å². The maximum absolute atomic E-state index is 13.4. The maximum atomic E-state index is 13.4. The van der Waals surface area contributed by atoms with Gasteiger partial charge in [0.25, 0.3) is 0 Å². The standard InChI is InChI=1S/C15H10BrClFNO2/c1-20-14-3-2-9(7-19)4-10(14)8-21-15-6-13(18)12(17)5-11(15)16/h2-6H,8H2,1H3. The summed E-state index contributed by atoms with van der Waals surface area (Å²) < 4.78 is 24.8. The third kappa shape index (κ3) is 3.66. The van der Waals surface area contributed by atoms with Gasteiger partial charge in [-0.25, -0.2) is 4.39 Å². The van der Waals surface area contributed by atoms with E-state index in [1.165, 1.54) is 19.2 Å². The van der Waals surface area contributed by atoms with E-state index in [4.69, 9.17) is 26.3 Å². The molecule has 0 aliphatic carbocycles. The van der Waals surface area contributed by atoms with Crippen molar-refractivity contribution in [3.63, 3.8) is 0 Å². The van der Waals surface area contributed by atoms with Gasteiger partial charge in [0.1, 0.15) is 23.9 Å². The Morgan fingerprint density at radius 2 is 2.05 bits per heavy atom. The summed E-state index contributed by atoms with van der Waals surface area (Å²) in [6.45, 7) is 0.137. The van der Waals surface area contributed by atoms with Crippen molar-refractivity contribution in [2.45, 2.75) is 6.61 Å². The Kier molecular flexibility index (Phi) is 5.05. The number of methoxy groups -OCH3 is 1. The molecule has 21 heavy (non-hydrogen) atoms. The van der Waals surface area contributed by atoms with Crippen molar-refractivity contribution in [2.75, 3.05) is 7.11 Å². The second-order valence-electron chi connectivity index (χ2n) is 4.12. The van der Waals surface area contributed by atoms with Gasteiger partial charge >= 0.3 is 0 Å². The Morgan fingerprint density at radius 1 is 1.29 bits per heavy atom. The number of ether oxygens (including phenoxy) is 2. The van der Waals surface area contributed by atoms with Gasteiger partial charge in [0.15, 0.2) is 0 Å². The minimum Gasteiger partial charge on any atom is -0.496 e. The average Bonchev–Trinajstić information content (AvgIpc) is 2.49. The van der Waals surface area contributed by atoms with Crippen LogP contribution >= 0.6 is 27.5 Å². The lowest BCUT2D eigenvalue weighted by molar-refractivity contribution is 0.293. The molecule has 2 aromatic carbocycles. The lowest BCUT2D eigenvalue weighted by Crippen LogP contribution is -2.00. The Labute approximate surface area is 135 Å². The van der Waals surface area contributed by atoms with E-state index in [0.717, 1.165) is 0 Å². The van der Waals surface area contributed by atoms with Crippen molar-refractivity contribution >= 4 is 27.5 Å². The van der Waals surface area contributed by atoms with Gasteiger partial charge in [-0.2, -0.15) is 5.26 Å². The van der Waals surface area contributed by atoms with Crippen LogP contribution in [0.15, 0.2) is 34.8 Å². The van der Waals surface area contributed by atoms with E-state index in [9.17, 15) is 4.39 Å². The molecular formula is C15H10BrClFNO2. The van der Waals surface area contributed by atoms with Crippen LogP contribution in [0, 0.1) is 17.1 Å². The van der Waals surface area contributed by atoms with Crippen LogP contribution < -0.4 is 9.47 Å². The van der Waals surface area contributed by atoms with E-state index in [1.54, 1.807) is 18.2 Å². The highest BCUT2D eigenvalue weighted by molar-refractivity contribution is 9.10. The van der Waals surface area contributed by atoms with Crippen molar-refractivity contribution in [3.05, 3.63) is 56.8 Å². The molecule has 0 amide bonds. The van der Waals surface area contributed by atoms with Crippen LogP contribution in [0.4, 0.5) is 4.39 Å². The number of nitriles is 1. The van der Waals surface area contributed by atoms with Gasteiger partial charge in [0.05, 0.1) is 28.2 Å². The van der Waals surface area contributed by atoms with Gasteiger partial charge in [0.2, 0.25) is 0 Å². The van der Waals surface area contributed by atoms with E-state index in [0.29, 0.717) is 27.1 Å². The fourth-order valence-corrected chi connectivity index (χ4v) is 2.48. The van der Waals surface area contributed by atoms with Crippen LogP contribution in [0.1, 0.15) is 11.1 Å². The SMILES string of the molecule is COc1ccc(C#N)cc1COc1cc(F)c(Cl)cc1Br. The van der Waals surface area contributed by atoms with Crippen molar-refractivity contribution in [3.8, 4) is 17.6 Å². The average molecular weight is 371 g/mol. The smallest absolute Gasteiger partial charge is 0.145 e. The number of nitrogens with zero attached hydrogens (tertiary/aromatic N) is 1. The monoisotopic (exact) mass is 369 g/mol. The Morgan fingerprint density at radius 3 is 2.71 bits per heavy atom. The van der Waals surface area contributed by atoms with Crippen molar-refractivity contribution < 1.29 is 13.9 Å². The van der Waals surface area contributed by atoms with E-state index in [2.05, 4.69) is 15.9 Å². The highest BCUT2D eigenvalue weighted by Crippen LogP contribution is 2.32. The number of hydrogen-bond acceptors (Lipinski definition) is 3. The van der Waals surface area contributed by atoms with E-state index < -0.39 is 5.82 Å². The summed E-state index contributed by atoms with van der Waals surface area (Å²) in [6.07, 6.45) is 0. The minimum absolute atomic E-state index is 0.0123. The Hall–Kier alpha value is -1.77. The first-order valence-electron chi connectivity index (χ1n) is 5.89. The highest BCUT2D eigenvalue weighted by Gasteiger charge is 2.10. The number of halogens is 3. The highest BCUT2D eigenvalue weighted by atomic mass is 79.9. The summed E-state index contributed by atoms with van der Waals surface area (Å²) in [6, 6.07) is 9.68. The van der Waals surface area contributed by atoms with Gasteiger partial charge in [-0.1, -0.05) is 11.6 Å². The lowest BCUT2D eigenvalue weighted by Gasteiger charge is -2.12. The molecule has 0 spiro atoms. The fraction of sp³-hybridized carbons (Fsp3) is 0.133. The lowest BCUT2D eigenvalue weighted by atomic mass is 10.1. The Balaban J connectivity index is 2.24. The molecule has 0 aliphatic heterocycles. The number of hydrogen-bond donors (Lipinski definition) is 0. The van der Waals surface area contributed by atoms with Gasteiger partial charge in [-0.05, 0) is 40.2 Å². The van der Waals surface area contributed by atoms with Crippen LogP contribution in [0.2, 0.25) is 5.02 Å². The molecule has 0 unspecified atom stereocenters. The van der Waals surface area contributed by atoms with Gasteiger partial charge < -0.3 is 9.47 Å². The van der Waals surface area contributed by atoms with Crippen LogP contribution in [0.5, 0.6) is 11.5 Å². The summed E-state index contributed by atoms with van der Waals surface area (Å²) in [7, 11) is 1.53. The summed E-state index contributed by atoms with van der Waals surface area (Å²) in [5.41, 5.74) is 1.19. The summed E-state index contributed by atoms with van der Waals surface area (Å²) in [4.78, 5) is 0. The zero-order valence-corrected chi connectivity index (χ0v) is 13.3. The molecule has 0 saturated carbocycles. The summed E-state index contributed by atoms with van der Waals surface area (Å²) in [5, 5.41) is 8.93. The quantitative estimate of drug-likeness (QED) is 0.733. The molecule has 0 N–H and O–H groups in total. The molecule has 0 bridgehead atoms. The first-order valence-corrected chi connectivity index (χ1v) is 7.06. The van der Waals surface area contributed by atoms with Crippen LogP contribution in [0.3, 0.4) is 0 Å². The Bertz CT molecular complexity index is 716. The molecule has 6 heteroatoms. The molecule has 0 saturated heterocycles. The molecule has 0 fully saturated rings. The van der Waals surface area contributed by atoms with Crippen molar-refractivity contribution in [2.24, 2.45) is 0 Å². The molecule has 0 heterocycles. The first-order chi connectivity index (χ1) is 10.0. The minimum atomic E-state index is -0.562.